The molecule has 1 aromatic rings. The number of carbonyl (C=O) groups is 1. The first-order valence-corrected chi connectivity index (χ1v) is 7.35. The zero-order valence-corrected chi connectivity index (χ0v) is 12.4. The average molecular weight is 314 g/mol. The van der Waals surface area contributed by atoms with Crippen LogP contribution in [0.15, 0.2) is 30.3 Å². The van der Waals surface area contributed by atoms with Gasteiger partial charge in [0.05, 0.1) is 0 Å². The molecule has 4 heteroatoms. The van der Waals surface area contributed by atoms with Crippen LogP contribution in [-0.4, -0.2) is 35.9 Å². The first-order chi connectivity index (χ1) is 8.77. The third kappa shape index (κ3) is 5.65. The van der Waals surface area contributed by atoms with Crippen LogP contribution in [0, 0.1) is 0 Å². The number of hydrogen-bond donors (Lipinski definition) is 0. The van der Waals surface area contributed by atoms with E-state index >= 15 is 0 Å². The molecule has 18 heavy (non-hydrogen) atoms. The van der Waals surface area contributed by atoms with Crippen LogP contribution < -0.4 is 0 Å². The topological polar surface area (TPSA) is 29.5 Å². The van der Waals surface area contributed by atoms with Crippen LogP contribution in [-0.2, 0) is 16.1 Å². The van der Waals surface area contributed by atoms with E-state index in [9.17, 15) is 4.79 Å². The minimum absolute atomic E-state index is 0.0479. The molecule has 1 rings (SSSR count). The Kier molecular flexibility index (Phi) is 7.69. The molecule has 0 radical (unpaired) electrons. The average Bonchev–Trinajstić information content (AvgIpc) is 2.39. The van der Waals surface area contributed by atoms with Crippen molar-refractivity contribution in [3.05, 3.63) is 35.9 Å². The van der Waals surface area contributed by atoms with Crippen molar-refractivity contribution in [2.24, 2.45) is 0 Å². The number of amides is 1. The summed E-state index contributed by atoms with van der Waals surface area (Å²) in [5.41, 5.74) is 1.14. The molecule has 0 heterocycles. The monoisotopic (exact) mass is 313 g/mol. The number of benzene rings is 1. The second-order valence-corrected chi connectivity index (χ2v) is 4.84. The number of hydrogen-bond acceptors (Lipinski definition) is 2. The van der Waals surface area contributed by atoms with Crippen molar-refractivity contribution in [3.63, 3.8) is 0 Å². The first kappa shape index (κ1) is 15.2. The normalized spacial score (nSPS) is 10.3. The molecule has 0 bridgehead atoms. The lowest BCUT2D eigenvalue weighted by Gasteiger charge is -2.21. The fourth-order valence-electron chi connectivity index (χ4n) is 1.59. The Hall–Kier alpha value is -0.870. The van der Waals surface area contributed by atoms with Crippen LogP contribution in [0.25, 0.3) is 0 Å². The summed E-state index contributed by atoms with van der Waals surface area (Å²) in [4.78, 5) is 13.8. The number of nitrogens with zero attached hydrogens (tertiary/aromatic N) is 1. The standard InChI is InChI=1S/C14H20BrNO2/c1-2-10-18-12-14(17)16(9-8-15)11-13-6-4-3-5-7-13/h3-7H,2,8-12H2,1H3. The Labute approximate surface area is 117 Å². The molecule has 1 aromatic carbocycles. The van der Waals surface area contributed by atoms with Crippen molar-refractivity contribution >= 4 is 21.8 Å². The number of ether oxygens (including phenoxy) is 1. The van der Waals surface area contributed by atoms with E-state index in [1.165, 1.54) is 0 Å². The number of rotatable bonds is 8. The summed E-state index contributed by atoms with van der Waals surface area (Å²) in [6.45, 7) is 4.18. The van der Waals surface area contributed by atoms with E-state index in [0.29, 0.717) is 19.7 Å². The molecule has 0 aliphatic carbocycles. The van der Waals surface area contributed by atoms with Gasteiger partial charge in [-0.05, 0) is 12.0 Å². The van der Waals surface area contributed by atoms with E-state index in [-0.39, 0.29) is 12.5 Å². The molecule has 0 fully saturated rings. The molecule has 3 nitrogen and oxygen atoms in total. The van der Waals surface area contributed by atoms with Gasteiger partial charge in [-0.2, -0.15) is 0 Å². The van der Waals surface area contributed by atoms with Crippen LogP contribution >= 0.6 is 15.9 Å². The van der Waals surface area contributed by atoms with Gasteiger partial charge in [-0.3, -0.25) is 4.79 Å². The predicted octanol–water partition coefficient (Wildman–Crippen LogP) is 2.84. The quantitative estimate of drug-likeness (QED) is 0.545. The van der Waals surface area contributed by atoms with Gasteiger partial charge >= 0.3 is 0 Å². The van der Waals surface area contributed by atoms with Crippen molar-refractivity contribution in [2.45, 2.75) is 19.9 Å². The van der Waals surface area contributed by atoms with E-state index in [2.05, 4.69) is 15.9 Å². The van der Waals surface area contributed by atoms with Gasteiger partial charge < -0.3 is 9.64 Å². The Morgan fingerprint density at radius 1 is 1.33 bits per heavy atom. The molecule has 1 amide bonds. The predicted molar refractivity (Wildman–Crippen MR) is 76.8 cm³/mol. The summed E-state index contributed by atoms with van der Waals surface area (Å²) in [5.74, 6) is 0.0479. The Morgan fingerprint density at radius 3 is 2.67 bits per heavy atom. The van der Waals surface area contributed by atoms with Crippen molar-refractivity contribution in [3.8, 4) is 0 Å². The molecule has 0 N–H and O–H groups in total. The molecular formula is C14H20BrNO2. The lowest BCUT2D eigenvalue weighted by Crippen LogP contribution is -2.35. The third-order valence-corrected chi connectivity index (χ3v) is 2.85. The minimum atomic E-state index is 0.0479. The largest absolute Gasteiger partial charge is 0.372 e. The van der Waals surface area contributed by atoms with Crippen molar-refractivity contribution in [1.82, 2.24) is 4.90 Å². The zero-order chi connectivity index (χ0) is 13.2. The summed E-state index contributed by atoms with van der Waals surface area (Å²) in [5, 5.41) is 0.777. The molecule has 0 atom stereocenters. The fraction of sp³-hybridized carbons (Fsp3) is 0.500. The maximum atomic E-state index is 12.0. The van der Waals surface area contributed by atoms with Gasteiger partial charge in [-0.1, -0.05) is 53.2 Å². The van der Waals surface area contributed by atoms with Gasteiger partial charge in [0.2, 0.25) is 5.91 Å². The van der Waals surface area contributed by atoms with Gasteiger partial charge in [0.15, 0.2) is 0 Å². The van der Waals surface area contributed by atoms with Crippen LogP contribution in [0.5, 0.6) is 0 Å². The molecular weight excluding hydrogens is 294 g/mol. The van der Waals surface area contributed by atoms with Crippen LogP contribution in [0.1, 0.15) is 18.9 Å². The summed E-state index contributed by atoms with van der Waals surface area (Å²) >= 11 is 3.38. The van der Waals surface area contributed by atoms with E-state index in [0.717, 1.165) is 17.3 Å². The summed E-state index contributed by atoms with van der Waals surface area (Å²) in [6.07, 6.45) is 0.935. The van der Waals surface area contributed by atoms with E-state index in [1.807, 2.05) is 42.2 Å². The molecule has 0 aliphatic heterocycles. The van der Waals surface area contributed by atoms with E-state index in [4.69, 9.17) is 4.74 Å². The molecule has 0 saturated carbocycles. The van der Waals surface area contributed by atoms with Gasteiger partial charge in [0.1, 0.15) is 6.61 Å². The van der Waals surface area contributed by atoms with Crippen LogP contribution in [0.4, 0.5) is 0 Å². The molecule has 0 spiro atoms. The Balaban J connectivity index is 2.50. The molecule has 0 aromatic heterocycles. The summed E-state index contributed by atoms with van der Waals surface area (Å²) < 4.78 is 5.30. The number of halogens is 1. The fourth-order valence-corrected chi connectivity index (χ4v) is 2.02. The highest BCUT2D eigenvalue weighted by molar-refractivity contribution is 9.09. The Morgan fingerprint density at radius 2 is 2.06 bits per heavy atom. The molecule has 0 unspecified atom stereocenters. The second-order valence-electron chi connectivity index (χ2n) is 4.04. The lowest BCUT2D eigenvalue weighted by atomic mass is 10.2. The molecule has 0 aliphatic rings. The maximum Gasteiger partial charge on any atom is 0.248 e. The zero-order valence-electron chi connectivity index (χ0n) is 10.8. The van der Waals surface area contributed by atoms with Crippen molar-refractivity contribution in [1.29, 1.82) is 0 Å². The highest BCUT2D eigenvalue weighted by atomic mass is 79.9. The van der Waals surface area contributed by atoms with E-state index < -0.39 is 0 Å². The van der Waals surface area contributed by atoms with Gasteiger partial charge in [0.25, 0.3) is 0 Å². The smallest absolute Gasteiger partial charge is 0.248 e. The van der Waals surface area contributed by atoms with Crippen molar-refractivity contribution in [2.75, 3.05) is 25.1 Å². The van der Waals surface area contributed by atoms with Gasteiger partial charge in [-0.25, -0.2) is 0 Å². The SMILES string of the molecule is CCCOCC(=O)N(CCBr)Cc1ccccc1. The molecule has 0 saturated heterocycles. The maximum absolute atomic E-state index is 12.0. The van der Waals surface area contributed by atoms with Gasteiger partial charge in [0, 0.05) is 25.0 Å². The molecule has 100 valence electrons. The highest BCUT2D eigenvalue weighted by Gasteiger charge is 2.13. The summed E-state index contributed by atoms with van der Waals surface area (Å²) in [7, 11) is 0. The lowest BCUT2D eigenvalue weighted by molar-refractivity contribution is -0.136. The number of alkyl halides is 1. The first-order valence-electron chi connectivity index (χ1n) is 6.23. The number of carbonyl (C=O) groups excluding carboxylic acids is 1. The second kappa shape index (κ2) is 9.11. The van der Waals surface area contributed by atoms with Crippen LogP contribution in [0.2, 0.25) is 0 Å². The summed E-state index contributed by atoms with van der Waals surface area (Å²) in [6, 6.07) is 10.0. The van der Waals surface area contributed by atoms with E-state index in [1.54, 1.807) is 0 Å². The minimum Gasteiger partial charge on any atom is -0.372 e. The Bertz CT molecular complexity index is 343. The van der Waals surface area contributed by atoms with Gasteiger partial charge in [-0.15, -0.1) is 0 Å². The van der Waals surface area contributed by atoms with Crippen molar-refractivity contribution < 1.29 is 9.53 Å². The third-order valence-electron chi connectivity index (χ3n) is 2.50. The highest BCUT2D eigenvalue weighted by Crippen LogP contribution is 2.05. The van der Waals surface area contributed by atoms with Crippen LogP contribution in [0.3, 0.4) is 0 Å².